The number of thioether (sulfide) groups is 1. The van der Waals surface area contributed by atoms with E-state index in [1.165, 1.54) is 11.8 Å². The molecule has 1 atom stereocenters. The topological polar surface area (TPSA) is 272 Å². The minimum Gasteiger partial charge on any atom is -0.480 e. The Morgan fingerprint density at radius 1 is 0.596 bits per heavy atom. The summed E-state index contributed by atoms with van der Waals surface area (Å²) in [5, 5.41) is 39.3. The van der Waals surface area contributed by atoms with Gasteiger partial charge in [0, 0.05) is 44.2 Å². The van der Waals surface area contributed by atoms with E-state index < -0.39 is 73.8 Å². The van der Waals surface area contributed by atoms with Gasteiger partial charge in [0.25, 0.3) is 5.91 Å². The first-order chi connectivity index (χ1) is 24.7. The Morgan fingerprint density at radius 2 is 1.08 bits per heavy atom. The number of rotatable bonds is 25. The van der Waals surface area contributed by atoms with Crippen molar-refractivity contribution in [1.29, 1.82) is 0 Å². The molecule has 0 unspecified atom stereocenters. The monoisotopic (exact) mass is 747 g/mol. The van der Waals surface area contributed by atoms with Crippen molar-refractivity contribution in [3.05, 3.63) is 71.3 Å². The number of carbonyl (C=O) groups excluding carboxylic acids is 3. The van der Waals surface area contributed by atoms with Crippen molar-refractivity contribution in [2.75, 3.05) is 64.7 Å². The number of nitrogens with two attached hydrogens (primary N) is 1. The second-order valence-electron chi connectivity index (χ2n) is 11.7. The van der Waals surface area contributed by atoms with Crippen molar-refractivity contribution in [3.63, 3.8) is 0 Å². The van der Waals surface area contributed by atoms with Gasteiger partial charge in [-0.05, 0) is 16.7 Å². The molecular weight excluding hydrogens is 702 g/mol. The molecule has 0 aromatic heterocycles. The van der Waals surface area contributed by atoms with Crippen LogP contribution >= 0.6 is 11.8 Å². The van der Waals surface area contributed by atoms with E-state index in [9.17, 15) is 33.6 Å². The molecule has 0 aliphatic heterocycles. The number of nitrogens with zero attached hydrogens (tertiary/aromatic N) is 3. The van der Waals surface area contributed by atoms with Crippen molar-refractivity contribution >= 4 is 53.4 Å². The van der Waals surface area contributed by atoms with E-state index in [1.807, 2.05) is 30.3 Å². The van der Waals surface area contributed by atoms with Crippen LogP contribution in [0.25, 0.3) is 0 Å². The van der Waals surface area contributed by atoms with E-state index in [0.717, 1.165) is 15.4 Å². The van der Waals surface area contributed by atoms with Gasteiger partial charge in [-0.2, -0.15) is 11.8 Å². The van der Waals surface area contributed by atoms with Crippen LogP contribution in [0.3, 0.4) is 0 Å². The third-order valence-electron chi connectivity index (χ3n) is 7.22. The fourth-order valence-electron chi connectivity index (χ4n) is 4.67. The van der Waals surface area contributed by atoms with Crippen LogP contribution in [0.5, 0.6) is 0 Å². The molecular formula is C33H45N7O11S. The number of hydrazine groups is 1. The van der Waals surface area contributed by atoms with Gasteiger partial charge in [-0.25, -0.2) is 0 Å². The molecule has 0 spiro atoms. The summed E-state index contributed by atoms with van der Waals surface area (Å²) in [4.78, 5) is 86.2. The minimum atomic E-state index is -1.25. The maximum absolute atomic E-state index is 12.9. The standard InChI is InChI=1S/C33H45N7O11S/c34-26(22-52-21-25-4-2-1-3-5-25)33(51)37-36-27(41)14-23-6-8-24(9-7-23)15-35-28(42)16-38(10-12-39(17-29(43)44)18-30(45)46)11-13-40(19-31(47)48)20-32(49)50/h1-9,26H,10-22,34H2,(H,35,42)(H,36,41)(H,37,51)(H,43,44)(H,45,46)(H,47,48)(H,49,50)/t26-/m1/s1. The molecule has 284 valence electrons. The molecule has 2 aromatic carbocycles. The molecule has 0 heterocycles. The quantitative estimate of drug-likeness (QED) is 0.0537. The third kappa shape index (κ3) is 19.3. The molecule has 0 aliphatic rings. The summed E-state index contributed by atoms with van der Waals surface area (Å²) in [7, 11) is 0. The molecule has 3 amide bonds. The summed E-state index contributed by atoms with van der Waals surface area (Å²) in [6.45, 7) is -2.44. The zero-order chi connectivity index (χ0) is 38.5. The fraction of sp³-hybridized carbons (Fsp3) is 0.424. The molecule has 2 rings (SSSR count). The number of carbonyl (C=O) groups is 7. The number of carboxylic acid groups (broad SMARTS) is 4. The Bertz CT molecular complexity index is 1430. The highest BCUT2D eigenvalue weighted by Crippen LogP contribution is 2.12. The summed E-state index contributed by atoms with van der Waals surface area (Å²) in [5.74, 6) is -5.37. The highest BCUT2D eigenvalue weighted by atomic mass is 32.2. The van der Waals surface area contributed by atoms with Crippen molar-refractivity contribution in [1.82, 2.24) is 30.9 Å². The van der Waals surface area contributed by atoms with E-state index in [1.54, 1.807) is 29.2 Å². The van der Waals surface area contributed by atoms with E-state index >= 15 is 0 Å². The molecule has 0 radical (unpaired) electrons. The zero-order valence-corrected chi connectivity index (χ0v) is 29.3. The van der Waals surface area contributed by atoms with E-state index in [2.05, 4.69) is 16.2 Å². The first-order valence-electron chi connectivity index (χ1n) is 16.0. The molecule has 9 N–H and O–H groups in total. The molecule has 19 heteroatoms. The Kier molecular flexibility index (Phi) is 19.4. The van der Waals surface area contributed by atoms with Crippen LogP contribution in [0.15, 0.2) is 54.6 Å². The zero-order valence-electron chi connectivity index (χ0n) is 28.4. The number of benzene rings is 2. The Labute approximate surface area is 304 Å². The molecule has 52 heavy (non-hydrogen) atoms. The summed E-state index contributed by atoms with van der Waals surface area (Å²) in [5.41, 5.74) is 13.1. The highest BCUT2D eigenvalue weighted by Gasteiger charge is 2.20. The van der Waals surface area contributed by atoms with Crippen molar-refractivity contribution in [2.45, 2.75) is 24.8 Å². The predicted octanol–water partition coefficient (Wildman–Crippen LogP) is -1.50. The second-order valence-corrected chi connectivity index (χ2v) is 12.7. The molecule has 0 bridgehead atoms. The lowest BCUT2D eigenvalue weighted by atomic mass is 10.1. The van der Waals surface area contributed by atoms with Crippen LogP contribution in [0.2, 0.25) is 0 Å². The van der Waals surface area contributed by atoms with Crippen LogP contribution in [0.1, 0.15) is 16.7 Å². The smallest absolute Gasteiger partial charge is 0.317 e. The molecule has 0 saturated carbocycles. The summed E-state index contributed by atoms with van der Waals surface area (Å²) >= 11 is 1.50. The summed E-state index contributed by atoms with van der Waals surface area (Å²) in [6, 6.07) is 15.7. The number of hydrogen-bond donors (Lipinski definition) is 8. The Hall–Kier alpha value is -5.08. The van der Waals surface area contributed by atoms with Gasteiger partial charge in [-0.1, -0.05) is 54.6 Å². The molecule has 0 aliphatic carbocycles. The fourth-order valence-corrected chi connectivity index (χ4v) is 5.62. The Morgan fingerprint density at radius 3 is 1.58 bits per heavy atom. The predicted molar refractivity (Wildman–Crippen MR) is 189 cm³/mol. The van der Waals surface area contributed by atoms with Crippen molar-refractivity contribution in [3.8, 4) is 0 Å². The SMILES string of the molecule is N[C@H](CSCc1ccccc1)C(=O)NNC(=O)Cc1ccc(CNC(=O)CN(CCN(CC(=O)O)CC(=O)O)CCN(CC(=O)O)CC(=O)O)cc1. The largest absolute Gasteiger partial charge is 0.480 e. The first-order valence-corrected chi connectivity index (χ1v) is 17.2. The van der Waals surface area contributed by atoms with Gasteiger partial charge < -0.3 is 31.5 Å². The van der Waals surface area contributed by atoms with E-state index in [0.29, 0.717) is 22.6 Å². The lowest BCUT2D eigenvalue weighted by Gasteiger charge is -2.28. The van der Waals surface area contributed by atoms with Crippen molar-refractivity contribution in [2.24, 2.45) is 5.73 Å². The lowest BCUT2D eigenvalue weighted by molar-refractivity contribution is -0.143. The Balaban J connectivity index is 1.87. The molecule has 0 fully saturated rings. The maximum Gasteiger partial charge on any atom is 0.317 e. The summed E-state index contributed by atoms with van der Waals surface area (Å²) < 4.78 is 0. The van der Waals surface area contributed by atoms with Crippen LogP contribution < -0.4 is 21.9 Å². The van der Waals surface area contributed by atoms with E-state index in [4.69, 9.17) is 26.2 Å². The van der Waals surface area contributed by atoms with Gasteiger partial charge in [0.05, 0.1) is 45.2 Å². The number of aliphatic carboxylic acids is 4. The van der Waals surface area contributed by atoms with Gasteiger partial charge in [-0.3, -0.25) is 59.1 Å². The summed E-state index contributed by atoms with van der Waals surface area (Å²) in [6.07, 6.45) is -0.0403. The van der Waals surface area contributed by atoms with Gasteiger partial charge >= 0.3 is 23.9 Å². The van der Waals surface area contributed by atoms with Gasteiger partial charge in [-0.15, -0.1) is 0 Å². The van der Waals surface area contributed by atoms with Gasteiger partial charge in [0.15, 0.2) is 0 Å². The average molecular weight is 748 g/mol. The number of amides is 3. The van der Waals surface area contributed by atoms with Gasteiger partial charge in [0.1, 0.15) is 0 Å². The third-order valence-corrected chi connectivity index (χ3v) is 8.35. The number of nitrogens with one attached hydrogen (secondary N) is 3. The second kappa shape index (κ2) is 23.4. The maximum atomic E-state index is 12.9. The molecule has 18 nitrogen and oxygen atoms in total. The van der Waals surface area contributed by atoms with Crippen LogP contribution in [-0.4, -0.2) is 147 Å². The van der Waals surface area contributed by atoms with E-state index in [-0.39, 0.29) is 45.7 Å². The minimum absolute atomic E-state index is 0.0261. The first kappa shape index (κ1) is 43.1. The van der Waals surface area contributed by atoms with Crippen LogP contribution in [0.4, 0.5) is 0 Å². The normalized spacial score (nSPS) is 11.6. The molecule has 2 aromatic rings. The number of hydrogen-bond acceptors (Lipinski definition) is 12. The van der Waals surface area contributed by atoms with Gasteiger partial charge in [0.2, 0.25) is 11.8 Å². The van der Waals surface area contributed by atoms with Crippen molar-refractivity contribution < 1.29 is 54.0 Å². The molecule has 0 saturated heterocycles. The number of carboxylic acids is 4. The highest BCUT2D eigenvalue weighted by molar-refractivity contribution is 7.98. The van der Waals surface area contributed by atoms with Crippen LogP contribution in [0, 0.1) is 0 Å². The lowest BCUT2D eigenvalue weighted by Crippen LogP contribution is -2.50. The average Bonchev–Trinajstić information content (AvgIpc) is 3.07. The van der Waals surface area contributed by atoms with Crippen LogP contribution in [-0.2, 0) is 52.3 Å².